The van der Waals surface area contributed by atoms with Gasteiger partial charge in [0.1, 0.15) is 11.5 Å². The number of para-hydroxylation sites is 2. The number of halogens is 3. The van der Waals surface area contributed by atoms with E-state index in [4.69, 9.17) is 21.3 Å². The maximum Gasteiger partial charge on any atom is 0.134 e. The van der Waals surface area contributed by atoms with E-state index in [9.17, 15) is 0 Å². The van der Waals surface area contributed by atoms with Crippen molar-refractivity contribution in [2.45, 2.75) is 0 Å². The van der Waals surface area contributed by atoms with E-state index >= 15 is 0 Å². The Bertz CT molecular complexity index is 1030. The molecule has 0 atom stereocenters. The minimum atomic E-state index is 0. The Morgan fingerprint density at radius 2 is 1.60 bits per heavy atom. The van der Waals surface area contributed by atoms with E-state index in [1.165, 1.54) is 5.69 Å². The Kier molecular flexibility index (Phi) is 8.79. The van der Waals surface area contributed by atoms with Crippen LogP contribution < -0.4 is 9.64 Å². The summed E-state index contributed by atoms with van der Waals surface area (Å²) in [5, 5.41) is 0.690. The molecule has 0 aliphatic carbocycles. The normalized spacial score (nSPS) is 12.9. The summed E-state index contributed by atoms with van der Waals surface area (Å²) in [6.07, 6.45) is 4.13. The molecule has 4 rings (SSSR count). The van der Waals surface area contributed by atoms with Crippen LogP contribution in [0.1, 0.15) is 11.1 Å². The number of hydrogen-bond acceptors (Lipinski definition) is 3. The van der Waals surface area contributed by atoms with Gasteiger partial charge in [0.2, 0.25) is 0 Å². The Balaban J connectivity index is 0.00000160. The first-order chi connectivity index (χ1) is 13.7. The summed E-state index contributed by atoms with van der Waals surface area (Å²) in [4.78, 5) is 7.03. The first kappa shape index (κ1) is 23.8. The highest BCUT2D eigenvalue weighted by Crippen LogP contribution is 2.28. The number of allylic oxidation sites excluding steroid dienone is 1. The van der Waals surface area contributed by atoms with E-state index in [1.54, 1.807) is 0 Å². The van der Waals surface area contributed by atoms with Crippen LogP contribution in [0.5, 0.6) is 11.5 Å². The van der Waals surface area contributed by atoms with Crippen molar-refractivity contribution in [3.05, 3.63) is 95.0 Å². The lowest BCUT2D eigenvalue weighted by molar-refractivity contribution is 0.481. The lowest BCUT2D eigenvalue weighted by atomic mass is 10.1. The van der Waals surface area contributed by atoms with Crippen LogP contribution >= 0.6 is 36.4 Å². The predicted octanol–water partition coefficient (Wildman–Crippen LogP) is 6.93. The number of fused-ring (bicyclic) bond motifs is 1. The molecule has 0 saturated carbocycles. The second kappa shape index (κ2) is 11.1. The predicted molar refractivity (Wildman–Crippen MR) is 133 cm³/mol. The molecule has 30 heavy (non-hydrogen) atoms. The number of anilines is 1. The fraction of sp³-hybridized carbons (Fsp3) is 0.125. The maximum absolute atomic E-state index is 6.06. The highest BCUT2D eigenvalue weighted by atomic mass is 35.5. The first-order valence-corrected chi connectivity index (χ1v) is 9.64. The number of aliphatic imine (C=N–C) groups is 1. The summed E-state index contributed by atoms with van der Waals surface area (Å²) in [6.45, 7) is 1.68. The lowest BCUT2D eigenvalue weighted by Gasteiger charge is -2.18. The molecule has 1 aliphatic heterocycles. The third-order valence-corrected chi connectivity index (χ3v) is 4.94. The van der Waals surface area contributed by atoms with Crippen molar-refractivity contribution in [3.63, 3.8) is 0 Å². The summed E-state index contributed by atoms with van der Waals surface area (Å²) in [5.74, 6) is 1.55. The highest BCUT2D eigenvalue weighted by molar-refractivity contribution is 6.30. The zero-order chi connectivity index (χ0) is 19.3. The van der Waals surface area contributed by atoms with Gasteiger partial charge in [0.05, 0.1) is 12.3 Å². The maximum atomic E-state index is 6.06. The summed E-state index contributed by atoms with van der Waals surface area (Å²) in [6, 6.07) is 23.7. The van der Waals surface area contributed by atoms with Gasteiger partial charge in [0, 0.05) is 35.4 Å². The smallest absolute Gasteiger partial charge is 0.134 e. The first-order valence-electron chi connectivity index (χ1n) is 9.26. The Labute approximate surface area is 194 Å². The molecule has 0 unspecified atom stereocenters. The monoisotopic (exact) mass is 460 g/mol. The molecule has 0 aromatic heterocycles. The van der Waals surface area contributed by atoms with E-state index in [-0.39, 0.29) is 24.8 Å². The van der Waals surface area contributed by atoms with Crippen LogP contribution in [0.15, 0.2) is 83.9 Å². The van der Waals surface area contributed by atoms with Crippen molar-refractivity contribution in [1.29, 1.82) is 0 Å². The molecule has 0 amide bonds. The van der Waals surface area contributed by atoms with Gasteiger partial charge >= 0.3 is 0 Å². The number of ether oxygens (including phenoxy) is 1. The molecular weight excluding hydrogens is 439 g/mol. The van der Waals surface area contributed by atoms with Crippen LogP contribution in [0.4, 0.5) is 5.69 Å². The zero-order valence-corrected chi connectivity index (χ0v) is 18.9. The number of benzene rings is 3. The molecule has 3 aromatic carbocycles. The molecule has 1 heterocycles. The van der Waals surface area contributed by atoms with Gasteiger partial charge in [-0.25, -0.2) is 0 Å². The minimum absolute atomic E-state index is 0. The van der Waals surface area contributed by atoms with E-state index in [0.29, 0.717) is 5.02 Å². The quantitative estimate of drug-likeness (QED) is 0.421. The lowest BCUT2D eigenvalue weighted by Crippen LogP contribution is -2.20. The molecular formula is C24H23Cl3N2O. The minimum Gasteiger partial charge on any atom is -0.457 e. The van der Waals surface area contributed by atoms with E-state index in [2.05, 4.69) is 48.4 Å². The molecule has 3 nitrogen and oxygen atoms in total. The van der Waals surface area contributed by atoms with Gasteiger partial charge in [0.25, 0.3) is 0 Å². The zero-order valence-electron chi connectivity index (χ0n) is 16.5. The number of likely N-dealkylation sites (N-methyl/N-ethyl adjacent to an activating group) is 1. The average Bonchev–Trinajstić information content (AvgIpc) is 2.88. The molecule has 1 aliphatic rings. The van der Waals surface area contributed by atoms with Gasteiger partial charge in [-0.3, -0.25) is 4.99 Å². The topological polar surface area (TPSA) is 24.8 Å². The summed E-state index contributed by atoms with van der Waals surface area (Å²) >= 11 is 5.96. The van der Waals surface area contributed by atoms with Crippen molar-refractivity contribution < 1.29 is 4.74 Å². The largest absolute Gasteiger partial charge is 0.457 e. The molecule has 0 radical (unpaired) electrons. The second-order valence-corrected chi connectivity index (χ2v) is 7.07. The molecule has 6 heteroatoms. The molecule has 0 N–H and O–H groups in total. The Morgan fingerprint density at radius 3 is 2.40 bits per heavy atom. The van der Waals surface area contributed by atoms with E-state index in [0.717, 1.165) is 41.4 Å². The third-order valence-electron chi connectivity index (χ3n) is 4.69. The highest BCUT2D eigenvalue weighted by Gasteiger charge is 2.13. The summed E-state index contributed by atoms with van der Waals surface area (Å²) < 4.78 is 6.06. The average molecular weight is 462 g/mol. The fourth-order valence-electron chi connectivity index (χ4n) is 3.20. The van der Waals surface area contributed by atoms with E-state index < -0.39 is 0 Å². The van der Waals surface area contributed by atoms with Crippen LogP contribution in [0.25, 0.3) is 6.08 Å². The van der Waals surface area contributed by atoms with Gasteiger partial charge in [0.15, 0.2) is 0 Å². The van der Waals surface area contributed by atoms with Crippen molar-refractivity contribution in [2.24, 2.45) is 4.99 Å². The van der Waals surface area contributed by atoms with Crippen LogP contribution in [0, 0.1) is 0 Å². The second-order valence-electron chi connectivity index (χ2n) is 6.63. The Hall–Kier alpha value is -2.46. The van der Waals surface area contributed by atoms with E-state index in [1.807, 2.05) is 48.5 Å². The fourth-order valence-corrected chi connectivity index (χ4v) is 3.33. The van der Waals surface area contributed by atoms with Gasteiger partial charge < -0.3 is 9.64 Å². The molecule has 0 bridgehead atoms. The van der Waals surface area contributed by atoms with Gasteiger partial charge in [-0.1, -0.05) is 48.0 Å². The third kappa shape index (κ3) is 5.57. The number of nitrogens with zero attached hydrogens (tertiary/aromatic N) is 2. The van der Waals surface area contributed by atoms with Crippen molar-refractivity contribution in [2.75, 3.05) is 25.0 Å². The molecule has 156 valence electrons. The Morgan fingerprint density at radius 1 is 0.900 bits per heavy atom. The number of benzodiazepines with no additional fused rings is 1. The van der Waals surface area contributed by atoms with Crippen molar-refractivity contribution in [3.8, 4) is 11.5 Å². The van der Waals surface area contributed by atoms with Crippen LogP contribution in [-0.4, -0.2) is 25.8 Å². The van der Waals surface area contributed by atoms with Crippen molar-refractivity contribution in [1.82, 2.24) is 0 Å². The van der Waals surface area contributed by atoms with Crippen molar-refractivity contribution >= 4 is 53.9 Å². The van der Waals surface area contributed by atoms with Crippen LogP contribution in [0.2, 0.25) is 5.02 Å². The summed E-state index contributed by atoms with van der Waals surface area (Å²) in [7, 11) is 2.11. The number of rotatable bonds is 4. The van der Waals surface area contributed by atoms with Gasteiger partial charge in [-0.05, 0) is 48.6 Å². The van der Waals surface area contributed by atoms with Gasteiger partial charge in [-0.2, -0.15) is 0 Å². The van der Waals surface area contributed by atoms with Gasteiger partial charge in [-0.15, -0.1) is 24.8 Å². The van der Waals surface area contributed by atoms with Crippen LogP contribution in [0.3, 0.4) is 0 Å². The molecule has 0 saturated heterocycles. The summed E-state index contributed by atoms with van der Waals surface area (Å²) in [5.41, 5.74) is 4.33. The standard InChI is InChI=1S/C24H21ClN2O.2ClH/c1-27-17-16-26-22(21-7-3-4-8-23(21)27)15-10-18-6-2-5-9-24(18)28-20-13-11-19(25)12-14-20;;/h2-15H,16-17H2,1H3;2*1H/b15-10+;;. The van der Waals surface area contributed by atoms with Crippen LogP contribution in [-0.2, 0) is 0 Å². The molecule has 0 spiro atoms. The molecule has 0 fully saturated rings. The molecule has 3 aromatic rings. The SMILES string of the molecule is CN1CCN=C(/C=C/c2ccccc2Oc2ccc(Cl)cc2)c2ccccc21.Cl.Cl. The number of hydrogen-bond donors (Lipinski definition) is 0.